The van der Waals surface area contributed by atoms with Gasteiger partial charge in [-0.3, -0.25) is 9.59 Å². The lowest BCUT2D eigenvalue weighted by molar-refractivity contribution is -0.136. The predicted molar refractivity (Wildman–Crippen MR) is 72.6 cm³/mol. The number of aliphatic carboxylic acids is 1. The van der Waals surface area contributed by atoms with Crippen LogP contribution in [0.5, 0.6) is 0 Å². The molecule has 2 aromatic rings. The number of nitrogens with zero attached hydrogens (tertiary/aromatic N) is 1. The summed E-state index contributed by atoms with van der Waals surface area (Å²) in [5.41, 5.74) is 1.17. The van der Waals surface area contributed by atoms with Gasteiger partial charge in [-0.05, 0) is 5.56 Å². The van der Waals surface area contributed by atoms with Gasteiger partial charge in [-0.1, -0.05) is 35.5 Å². The summed E-state index contributed by atoms with van der Waals surface area (Å²) in [4.78, 5) is 22.0. The van der Waals surface area contributed by atoms with Gasteiger partial charge in [-0.2, -0.15) is 0 Å². The highest BCUT2D eigenvalue weighted by Crippen LogP contribution is 2.10. The van der Waals surface area contributed by atoms with Crippen LogP contribution in [-0.4, -0.2) is 22.0 Å². The number of ether oxygens (including phenoxy) is 1. The summed E-state index contributed by atoms with van der Waals surface area (Å²) in [5, 5.41) is 12.1. The lowest BCUT2D eigenvalue weighted by Gasteiger charge is -2.00. The monoisotopic (exact) mass is 289 g/mol. The van der Waals surface area contributed by atoms with Crippen LogP contribution in [0.1, 0.15) is 34.7 Å². The molecule has 21 heavy (non-hydrogen) atoms. The molecule has 0 radical (unpaired) electrons. The predicted octanol–water partition coefficient (Wildman–Crippen LogP) is 2.44. The molecule has 0 saturated heterocycles. The molecule has 1 N–H and O–H groups in total. The van der Waals surface area contributed by atoms with E-state index in [2.05, 4.69) is 5.16 Å². The molecule has 0 unspecified atom stereocenters. The first-order chi connectivity index (χ1) is 10.1. The molecule has 0 atom stereocenters. The molecule has 6 nitrogen and oxygen atoms in total. The van der Waals surface area contributed by atoms with Crippen molar-refractivity contribution in [2.75, 3.05) is 0 Å². The Bertz CT molecular complexity index is 606. The van der Waals surface area contributed by atoms with Crippen molar-refractivity contribution in [3.05, 3.63) is 53.4 Å². The molecule has 1 heterocycles. The number of hydrogen-bond acceptors (Lipinski definition) is 5. The van der Waals surface area contributed by atoms with Crippen LogP contribution in [0.4, 0.5) is 0 Å². The maximum absolute atomic E-state index is 11.6. The van der Waals surface area contributed by atoms with Crippen molar-refractivity contribution in [3.63, 3.8) is 0 Å². The molecular formula is C15H15NO5. The molecule has 0 aliphatic heterocycles. The molecule has 1 aromatic heterocycles. The van der Waals surface area contributed by atoms with Gasteiger partial charge in [0.25, 0.3) is 0 Å². The molecule has 0 fully saturated rings. The minimum absolute atomic E-state index is 0.0911. The number of benzene rings is 1. The van der Waals surface area contributed by atoms with Crippen LogP contribution in [0.25, 0.3) is 0 Å². The molecular weight excluding hydrogens is 274 g/mol. The van der Waals surface area contributed by atoms with Gasteiger partial charge in [0.2, 0.25) is 0 Å². The number of aromatic nitrogens is 1. The molecule has 0 aliphatic carbocycles. The van der Waals surface area contributed by atoms with Gasteiger partial charge in [0.1, 0.15) is 12.3 Å². The van der Waals surface area contributed by atoms with Gasteiger partial charge < -0.3 is 14.4 Å². The average Bonchev–Trinajstić information content (AvgIpc) is 2.95. The Morgan fingerprint density at radius 1 is 1.14 bits per heavy atom. The lowest BCUT2D eigenvalue weighted by Crippen LogP contribution is -2.03. The molecule has 6 heteroatoms. The van der Waals surface area contributed by atoms with Crippen molar-refractivity contribution >= 4 is 11.8 Å². The van der Waals surface area contributed by atoms with Crippen molar-refractivity contribution in [1.82, 2.24) is 5.16 Å². The van der Waals surface area contributed by atoms with E-state index in [-0.39, 0.29) is 30.9 Å². The number of hydrogen-bond donors (Lipinski definition) is 1. The Morgan fingerprint density at radius 2 is 1.90 bits per heavy atom. The summed E-state index contributed by atoms with van der Waals surface area (Å²) < 4.78 is 10.4. The van der Waals surface area contributed by atoms with Crippen LogP contribution in [0, 0.1) is 0 Å². The molecule has 0 aliphatic rings. The zero-order chi connectivity index (χ0) is 15.1. The maximum atomic E-state index is 11.6. The van der Waals surface area contributed by atoms with Crippen molar-refractivity contribution in [2.45, 2.75) is 26.1 Å². The third-order valence-electron chi connectivity index (χ3n) is 2.77. The van der Waals surface area contributed by atoms with E-state index in [4.69, 9.17) is 14.4 Å². The first kappa shape index (κ1) is 14.9. The molecule has 0 bridgehead atoms. The quantitative estimate of drug-likeness (QED) is 0.751. The second kappa shape index (κ2) is 7.35. The molecule has 110 valence electrons. The minimum atomic E-state index is -1.02. The summed E-state index contributed by atoms with van der Waals surface area (Å²) in [6.45, 7) is 0.637. The number of Topliss-reactive ketones (excluding diaryl/α,β-unsaturated/α-hetero) is 1. The summed E-state index contributed by atoms with van der Waals surface area (Å²) in [5.74, 6) is -0.932. The van der Waals surface area contributed by atoms with Crippen LogP contribution in [-0.2, 0) is 22.7 Å². The maximum Gasteiger partial charge on any atom is 0.303 e. The Labute approximate surface area is 121 Å². The fourth-order valence-corrected chi connectivity index (χ4v) is 1.70. The molecule has 1 aromatic carbocycles. The van der Waals surface area contributed by atoms with Crippen LogP contribution in [0.3, 0.4) is 0 Å². The highest BCUT2D eigenvalue weighted by molar-refractivity contribution is 5.95. The Hall–Kier alpha value is -2.47. The number of carboxylic acid groups (broad SMARTS) is 1. The highest BCUT2D eigenvalue weighted by atomic mass is 16.5. The van der Waals surface area contributed by atoms with Gasteiger partial charge in [-0.15, -0.1) is 0 Å². The van der Waals surface area contributed by atoms with Gasteiger partial charge in [0, 0.05) is 12.5 Å². The van der Waals surface area contributed by atoms with Gasteiger partial charge >= 0.3 is 5.97 Å². The fourth-order valence-electron chi connectivity index (χ4n) is 1.70. The van der Waals surface area contributed by atoms with E-state index < -0.39 is 5.97 Å². The second-order valence-corrected chi connectivity index (χ2v) is 4.47. The smallest absolute Gasteiger partial charge is 0.303 e. The number of rotatable bonds is 8. The summed E-state index contributed by atoms with van der Waals surface area (Å²) in [7, 11) is 0. The van der Waals surface area contributed by atoms with Crippen LogP contribution in [0.15, 0.2) is 40.9 Å². The number of carboxylic acids is 1. The first-order valence-electron chi connectivity index (χ1n) is 6.47. The van der Waals surface area contributed by atoms with Crippen LogP contribution < -0.4 is 0 Å². The highest BCUT2D eigenvalue weighted by Gasteiger charge is 2.14. The number of carbonyl (C=O) groups excluding carboxylic acids is 1. The van der Waals surface area contributed by atoms with E-state index in [1.165, 1.54) is 6.07 Å². The van der Waals surface area contributed by atoms with Crippen molar-refractivity contribution in [1.29, 1.82) is 0 Å². The standard InChI is InChI=1S/C15H15NO5/c17-14(6-7-15(18)19)13-8-12(21-16-13)10-20-9-11-4-2-1-3-5-11/h1-5,8H,6-7,9-10H2,(H,18,19). The van der Waals surface area contributed by atoms with Crippen LogP contribution in [0.2, 0.25) is 0 Å². The van der Waals surface area contributed by atoms with Gasteiger partial charge in [0.05, 0.1) is 13.0 Å². The number of ketones is 1. The zero-order valence-electron chi connectivity index (χ0n) is 11.3. The molecule has 0 amide bonds. The summed E-state index contributed by atoms with van der Waals surface area (Å²) in [6.07, 6.45) is -0.308. The van der Waals surface area contributed by atoms with E-state index in [9.17, 15) is 9.59 Å². The largest absolute Gasteiger partial charge is 0.481 e. The van der Waals surface area contributed by atoms with Crippen molar-refractivity contribution in [3.8, 4) is 0 Å². The minimum Gasteiger partial charge on any atom is -0.481 e. The van der Waals surface area contributed by atoms with Crippen molar-refractivity contribution < 1.29 is 24.0 Å². The zero-order valence-corrected chi connectivity index (χ0v) is 11.3. The lowest BCUT2D eigenvalue weighted by atomic mass is 10.1. The molecule has 0 saturated carbocycles. The topological polar surface area (TPSA) is 89.6 Å². The van der Waals surface area contributed by atoms with Gasteiger partial charge in [-0.25, -0.2) is 0 Å². The van der Waals surface area contributed by atoms with E-state index in [0.29, 0.717) is 12.4 Å². The summed E-state index contributed by atoms with van der Waals surface area (Å²) in [6, 6.07) is 11.1. The third kappa shape index (κ3) is 4.85. The molecule has 0 spiro atoms. The first-order valence-corrected chi connectivity index (χ1v) is 6.47. The Morgan fingerprint density at radius 3 is 2.62 bits per heavy atom. The van der Waals surface area contributed by atoms with Gasteiger partial charge in [0.15, 0.2) is 11.5 Å². The van der Waals surface area contributed by atoms with Crippen molar-refractivity contribution in [2.24, 2.45) is 0 Å². The van der Waals surface area contributed by atoms with E-state index >= 15 is 0 Å². The summed E-state index contributed by atoms with van der Waals surface area (Å²) >= 11 is 0. The van der Waals surface area contributed by atoms with Crippen LogP contribution >= 0.6 is 0 Å². The second-order valence-electron chi connectivity index (χ2n) is 4.47. The third-order valence-corrected chi connectivity index (χ3v) is 2.77. The van der Waals surface area contributed by atoms with E-state index in [0.717, 1.165) is 5.56 Å². The van der Waals surface area contributed by atoms with E-state index in [1.54, 1.807) is 0 Å². The fraction of sp³-hybridized carbons (Fsp3) is 0.267. The Balaban J connectivity index is 1.80. The Kier molecular flexibility index (Phi) is 5.22. The normalized spacial score (nSPS) is 10.5. The molecule has 2 rings (SSSR count). The van der Waals surface area contributed by atoms with E-state index in [1.807, 2.05) is 30.3 Å². The SMILES string of the molecule is O=C(O)CCC(=O)c1cc(COCc2ccccc2)on1. The average molecular weight is 289 g/mol. The number of carbonyl (C=O) groups is 2.